The average molecular weight is 889 g/mol. The Morgan fingerprint density at radius 1 is 0.763 bits per heavy atom. The van der Waals surface area contributed by atoms with Crippen molar-refractivity contribution >= 4 is 27.6 Å². The smallest absolute Gasteiger partial charge is 0.462 e. The third-order valence-electron chi connectivity index (χ3n) is 9.56. The first-order valence-corrected chi connectivity index (χ1v) is 24.3. The highest BCUT2D eigenvalue weighted by molar-refractivity contribution is 7.47. The van der Waals surface area contributed by atoms with E-state index in [0.717, 1.165) is 44.9 Å². The van der Waals surface area contributed by atoms with Gasteiger partial charge in [0.1, 0.15) is 12.7 Å². The van der Waals surface area contributed by atoms with Gasteiger partial charge in [0.2, 0.25) is 0 Å². The predicted octanol–water partition coefficient (Wildman–Crippen LogP) is 6.30. The fraction of sp³-hybridized carbons (Fsp3) is 0.850. The van der Waals surface area contributed by atoms with Crippen molar-refractivity contribution in [2.75, 3.05) is 26.4 Å². The molecule has 1 heterocycles. The Labute approximate surface area is 350 Å². The minimum absolute atomic E-state index is 0.00239. The summed E-state index contributed by atoms with van der Waals surface area (Å²) in [7, 11) is -9.76. The highest BCUT2D eigenvalue weighted by Crippen LogP contribution is 2.44. The van der Waals surface area contributed by atoms with Gasteiger partial charge in [-0.3, -0.25) is 23.2 Å². The zero-order chi connectivity index (χ0) is 44.1. The van der Waals surface area contributed by atoms with Gasteiger partial charge in [-0.05, 0) is 38.0 Å². The molecule has 0 spiro atoms. The summed E-state index contributed by atoms with van der Waals surface area (Å²) in [5, 5.41) is 40.7. The van der Waals surface area contributed by atoms with Crippen LogP contribution < -0.4 is 0 Å². The van der Waals surface area contributed by atoms with Crippen molar-refractivity contribution in [3.63, 3.8) is 0 Å². The summed E-state index contributed by atoms with van der Waals surface area (Å²) in [6.07, 6.45) is 15.4. The van der Waals surface area contributed by atoms with Crippen LogP contribution in [0.3, 0.4) is 0 Å². The van der Waals surface area contributed by atoms with Gasteiger partial charge in [0.25, 0.3) is 0 Å². The molecule has 1 aliphatic heterocycles. The van der Waals surface area contributed by atoms with E-state index < -0.39 is 90.8 Å². The van der Waals surface area contributed by atoms with Crippen LogP contribution in [0.15, 0.2) is 24.3 Å². The third kappa shape index (κ3) is 31.0. The van der Waals surface area contributed by atoms with E-state index >= 15 is 0 Å². The van der Waals surface area contributed by atoms with Crippen LogP contribution in [-0.2, 0) is 46.5 Å². The molecule has 0 aromatic carbocycles. The number of carbonyl (C=O) groups is 2. The Balaban J connectivity index is 2.62. The molecule has 0 aromatic rings. The van der Waals surface area contributed by atoms with E-state index in [0.29, 0.717) is 38.0 Å². The number of aliphatic hydroxyl groups is 4. The van der Waals surface area contributed by atoms with E-state index in [1.54, 1.807) is 12.2 Å². The lowest BCUT2D eigenvalue weighted by Gasteiger charge is -2.36. The molecular formula is C40H74O17P2. The number of allylic oxidation sites excluding steroid dienone is 2. The fourth-order valence-electron chi connectivity index (χ4n) is 6.22. The fourth-order valence-corrected chi connectivity index (χ4v) is 7.37. The summed E-state index contributed by atoms with van der Waals surface area (Å²) in [6.45, 7) is 3.57. The van der Waals surface area contributed by atoms with E-state index in [2.05, 4.69) is 29.8 Å². The molecule has 59 heavy (non-hydrogen) atoms. The van der Waals surface area contributed by atoms with Crippen molar-refractivity contribution in [2.45, 2.75) is 180 Å². The largest absolute Gasteiger partial charge is 0.472 e. The van der Waals surface area contributed by atoms with Crippen molar-refractivity contribution in [3.05, 3.63) is 24.3 Å². The second-order valence-corrected chi connectivity index (χ2v) is 18.3. The molecule has 7 N–H and O–H groups in total. The maximum Gasteiger partial charge on any atom is 0.472 e. The van der Waals surface area contributed by atoms with Gasteiger partial charge in [-0.15, -0.1) is 0 Å². The Morgan fingerprint density at radius 2 is 1.37 bits per heavy atom. The first-order valence-electron chi connectivity index (χ1n) is 21.3. The maximum atomic E-state index is 12.7. The number of hydrogen-bond acceptors (Lipinski definition) is 14. The Bertz CT molecular complexity index is 1270. The third-order valence-corrected chi connectivity index (χ3v) is 11.0. The number of rotatable bonds is 35. The molecule has 2 unspecified atom stereocenters. The molecule has 1 rings (SSSR count). The lowest BCUT2D eigenvalue weighted by molar-refractivity contribution is -0.199. The quantitative estimate of drug-likeness (QED) is 0.0159. The number of unbranched alkanes of at least 4 members (excludes halogenated alkanes) is 10. The monoisotopic (exact) mass is 888 g/mol. The minimum atomic E-state index is -4.89. The summed E-state index contributed by atoms with van der Waals surface area (Å²) >= 11 is 0. The molecular weight excluding hydrogens is 814 g/mol. The van der Waals surface area contributed by atoms with Crippen LogP contribution in [0.2, 0.25) is 0 Å². The second-order valence-electron chi connectivity index (χ2n) is 15.6. The molecule has 8 atom stereocenters. The van der Waals surface area contributed by atoms with Gasteiger partial charge in [0.05, 0.1) is 38.1 Å². The molecule has 0 saturated carbocycles. The van der Waals surface area contributed by atoms with Gasteiger partial charge in [-0.2, -0.15) is 0 Å². The van der Waals surface area contributed by atoms with E-state index in [9.17, 15) is 44.0 Å². The molecule has 346 valence electrons. The van der Waals surface area contributed by atoms with E-state index in [1.807, 2.05) is 12.2 Å². The molecule has 1 aliphatic rings. The maximum absolute atomic E-state index is 12.7. The van der Waals surface area contributed by atoms with Crippen LogP contribution >= 0.6 is 15.6 Å². The average Bonchev–Trinajstić information content (AvgIpc) is 3.15. The van der Waals surface area contributed by atoms with Crippen molar-refractivity contribution in [1.29, 1.82) is 0 Å². The summed E-state index contributed by atoms with van der Waals surface area (Å²) in [6, 6.07) is 0. The SMILES string of the molecule is CCCCC[C@H](O)/C=C/[C@H]1OC(O)C[C@H](O)[C@@H]1C/C=C\CCCC(=O)OC[C@H](COP(=O)(O)OC[C@@H](O)COP(=O)(O)O)OC(=O)CCCCCCCCCCC(C)C. The zero-order valence-corrected chi connectivity index (χ0v) is 37.1. The standard InChI is InChI=1S/C40H74O17P2/c1-4-5-14-20-32(41)24-25-37-35(36(43)26-40(46)57-37)21-16-12-13-17-22-38(44)52-29-34(30-55-59(50,51)54-28-33(42)27-53-58(47,48)49)56-39(45)23-18-11-9-7-6-8-10-15-19-31(2)3/h12,16,24-25,31-37,40-43,46H,4-11,13-15,17-23,26-30H2,1-3H3,(H,50,51)(H2,47,48,49)/b16-12-,25-24+/t32-,33-,34+,35-,36-,37+,40?/m0/s1. The summed E-state index contributed by atoms with van der Waals surface area (Å²) in [4.78, 5) is 52.8. The Kier molecular flexibility index (Phi) is 30.2. The molecule has 0 amide bonds. The highest BCUT2D eigenvalue weighted by atomic mass is 31.2. The van der Waals surface area contributed by atoms with Crippen molar-refractivity contribution in [2.24, 2.45) is 11.8 Å². The van der Waals surface area contributed by atoms with Crippen LogP contribution in [0.25, 0.3) is 0 Å². The van der Waals surface area contributed by atoms with Crippen LogP contribution in [-0.4, -0.2) is 110 Å². The molecule has 1 fully saturated rings. The normalized spacial score (nSPS) is 21.5. The van der Waals surface area contributed by atoms with Gasteiger partial charge in [0.15, 0.2) is 12.4 Å². The lowest BCUT2D eigenvalue weighted by Crippen LogP contribution is -2.43. The first kappa shape index (κ1) is 55.5. The Hall–Kier alpha value is -1.56. The van der Waals surface area contributed by atoms with E-state index in [-0.39, 0.29) is 25.2 Å². The molecule has 0 aliphatic carbocycles. The zero-order valence-electron chi connectivity index (χ0n) is 35.3. The molecule has 17 nitrogen and oxygen atoms in total. The summed E-state index contributed by atoms with van der Waals surface area (Å²) < 4.78 is 53.3. The summed E-state index contributed by atoms with van der Waals surface area (Å²) in [5.74, 6) is -0.864. The van der Waals surface area contributed by atoms with Crippen LogP contribution in [0, 0.1) is 11.8 Å². The predicted molar refractivity (Wildman–Crippen MR) is 219 cm³/mol. The van der Waals surface area contributed by atoms with E-state index in [4.69, 9.17) is 28.5 Å². The first-order chi connectivity index (χ1) is 27.9. The number of carbonyl (C=O) groups excluding carboxylic acids is 2. The Morgan fingerprint density at radius 3 is 2.03 bits per heavy atom. The number of phosphoric ester groups is 2. The van der Waals surface area contributed by atoms with Gasteiger partial charge in [0, 0.05) is 25.2 Å². The highest BCUT2D eigenvalue weighted by Gasteiger charge is 2.35. The molecule has 0 bridgehead atoms. The van der Waals surface area contributed by atoms with Gasteiger partial charge in [-0.25, -0.2) is 9.13 Å². The van der Waals surface area contributed by atoms with Crippen LogP contribution in [0.4, 0.5) is 0 Å². The van der Waals surface area contributed by atoms with Gasteiger partial charge >= 0.3 is 27.6 Å². The molecule has 0 aromatic heterocycles. The van der Waals surface area contributed by atoms with Crippen molar-refractivity contribution in [3.8, 4) is 0 Å². The topological polar surface area (TPSA) is 265 Å². The molecule has 1 saturated heterocycles. The van der Waals surface area contributed by atoms with Crippen LogP contribution in [0.1, 0.15) is 143 Å². The molecule has 0 radical (unpaired) electrons. The number of aliphatic hydroxyl groups excluding tert-OH is 4. The van der Waals surface area contributed by atoms with Crippen molar-refractivity contribution < 1.29 is 81.6 Å². The number of ether oxygens (including phenoxy) is 3. The van der Waals surface area contributed by atoms with Crippen molar-refractivity contribution in [1.82, 2.24) is 0 Å². The number of hydrogen-bond donors (Lipinski definition) is 7. The van der Waals surface area contributed by atoms with Crippen LogP contribution in [0.5, 0.6) is 0 Å². The molecule has 19 heteroatoms. The summed E-state index contributed by atoms with van der Waals surface area (Å²) in [5.41, 5.74) is 0. The number of phosphoric acid groups is 2. The lowest BCUT2D eigenvalue weighted by atomic mass is 9.87. The minimum Gasteiger partial charge on any atom is -0.462 e. The number of esters is 2. The van der Waals surface area contributed by atoms with E-state index in [1.165, 1.54) is 25.7 Å². The second kappa shape index (κ2) is 32.2. The van der Waals surface area contributed by atoms with Gasteiger partial charge < -0.3 is 49.3 Å². The van der Waals surface area contributed by atoms with Gasteiger partial charge in [-0.1, -0.05) is 116 Å².